The molecule has 4 nitrogen and oxygen atoms in total. The maximum absolute atomic E-state index is 11.7. The zero-order chi connectivity index (χ0) is 13.0. The van der Waals surface area contributed by atoms with Gasteiger partial charge in [0.05, 0.1) is 19.8 Å². The summed E-state index contributed by atoms with van der Waals surface area (Å²) in [5.74, 6) is 0.861. The first-order valence-electron chi connectivity index (χ1n) is 6.30. The van der Waals surface area contributed by atoms with Gasteiger partial charge in [-0.25, -0.2) is 0 Å². The third-order valence-electron chi connectivity index (χ3n) is 3.29. The van der Waals surface area contributed by atoms with E-state index in [0.29, 0.717) is 13.0 Å². The van der Waals surface area contributed by atoms with Gasteiger partial charge < -0.3 is 14.7 Å². The molecule has 4 heteroatoms. The summed E-state index contributed by atoms with van der Waals surface area (Å²) in [6.07, 6.45) is 1.94. The molecular formula is C14H19NO3. The highest BCUT2D eigenvalue weighted by Gasteiger charge is 2.21. The minimum absolute atomic E-state index is 0.142. The standard InChI is InChI=1S/C14H19NO3/c1-18-12-6-4-5-11(9-12)13(16)10-15-8-3-2-7-14(15)17/h4-6,9,13,16H,2-3,7-8,10H2,1H3. The van der Waals surface area contributed by atoms with Crippen LogP contribution in [0.5, 0.6) is 5.75 Å². The topological polar surface area (TPSA) is 49.8 Å². The number of aliphatic hydroxyl groups excluding tert-OH is 1. The van der Waals surface area contributed by atoms with E-state index in [1.165, 1.54) is 0 Å². The van der Waals surface area contributed by atoms with Crippen LogP contribution in [0.15, 0.2) is 24.3 Å². The minimum atomic E-state index is -0.651. The molecule has 0 aromatic heterocycles. The zero-order valence-electron chi connectivity index (χ0n) is 10.6. The van der Waals surface area contributed by atoms with Gasteiger partial charge in [0.25, 0.3) is 0 Å². The number of rotatable bonds is 4. The lowest BCUT2D eigenvalue weighted by atomic mass is 10.1. The molecule has 18 heavy (non-hydrogen) atoms. The summed E-state index contributed by atoms with van der Waals surface area (Å²) in [6, 6.07) is 7.33. The van der Waals surface area contributed by atoms with Crippen molar-refractivity contribution in [1.82, 2.24) is 4.90 Å². The van der Waals surface area contributed by atoms with E-state index in [-0.39, 0.29) is 5.91 Å². The minimum Gasteiger partial charge on any atom is -0.497 e. The number of hydrogen-bond donors (Lipinski definition) is 1. The van der Waals surface area contributed by atoms with E-state index in [4.69, 9.17) is 4.74 Å². The first kappa shape index (κ1) is 12.9. The summed E-state index contributed by atoms with van der Waals surface area (Å²) in [6.45, 7) is 1.12. The van der Waals surface area contributed by atoms with Gasteiger partial charge in [0, 0.05) is 13.0 Å². The van der Waals surface area contributed by atoms with Crippen molar-refractivity contribution in [3.05, 3.63) is 29.8 Å². The number of carbonyl (C=O) groups is 1. The Bertz CT molecular complexity index is 419. The summed E-state index contributed by atoms with van der Waals surface area (Å²) in [5, 5.41) is 10.2. The van der Waals surface area contributed by atoms with E-state index in [0.717, 1.165) is 30.7 Å². The van der Waals surface area contributed by atoms with Crippen LogP contribution >= 0.6 is 0 Å². The second-order valence-electron chi connectivity index (χ2n) is 4.59. The lowest BCUT2D eigenvalue weighted by Crippen LogP contribution is -2.38. The quantitative estimate of drug-likeness (QED) is 0.884. The lowest BCUT2D eigenvalue weighted by molar-refractivity contribution is -0.134. The Kier molecular flexibility index (Phi) is 4.20. The van der Waals surface area contributed by atoms with E-state index in [9.17, 15) is 9.90 Å². The molecule has 1 amide bonds. The summed E-state index contributed by atoms with van der Waals surface area (Å²) < 4.78 is 5.12. The van der Waals surface area contributed by atoms with Gasteiger partial charge in [0.1, 0.15) is 5.75 Å². The first-order chi connectivity index (χ1) is 8.70. The van der Waals surface area contributed by atoms with Crippen LogP contribution in [0.25, 0.3) is 0 Å². The number of piperidine rings is 1. The Morgan fingerprint density at radius 3 is 3.00 bits per heavy atom. The number of nitrogens with zero attached hydrogens (tertiary/aromatic N) is 1. The van der Waals surface area contributed by atoms with Crippen LogP contribution in [0, 0.1) is 0 Å². The molecule has 0 aliphatic carbocycles. The number of likely N-dealkylation sites (tertiary alicyclic amines) is 1. The van der Waals surface area contributed by atoms with Gasteiger partial charge in [0.2, 0.25) is 5.91 Å². The summed E-state index contributed by atoms with van der Waals surface area (Å²) in [4.78, 5) is 13.4. The first-order valence-corrected chi connectivity index (χ1v) is 6.30. The van der Waals surface area contributed by atoms with Crippen molar-refractivity contribution < 1.29 is 14.6 Å². The van der Waals surface area contributed by atoms with Crippen molar-refractivity contribution in [2.24, 2.45) is 0 Å². The highest BCUT2D eigenvalue weighted by atomic mass is 16.5. The molecule has 1 unspecified atom stereocenters. The molecule has 0 radical (unpaired) electrons. The SMILES string of the molecule is COc1cccc(C(O)CN2CCCCC2=O)c1. The number of benzene rings is 1. The van der Waals surface area contributed by atoms with E-state index < -0.39 is 6.10 Å². The molecule has 1 aliphatic heterocycles. The highest BCUT2D eigenvalue weighted by Crippen LogP contribution is 2.21. The van der Waals surface area contributed by atoms with Crippen LogP contribution in [-0.4, -0.2) is 36.1 Å². The highest BCUT2D eigenvalue weighted by molar-refractivity contribution is 5.76. The largest absolute Gasteiger partial charge is 0.497 e. The van der Waals surface area contributed by atoms with Crippen molar-refractivity contribution in [2.45, 2.75) is 25.4 Å². The molecule has 0 spiro atoms. The monoisotopic (exact) mass is 249 g/mol. The number of β-amino-alcohol motifs (C(OH)–C–C–N with tert-alkyl or cyclic N) is 1. The van der Waals surface area contributed by atoms with Gasteiger partial charge in [-0.3, -0.25) is 4.79 Å². The summed E-state index contributed by atoms with van der Waals surface area (Å²) >= 11 is 0. The Hall–Kier alpha value is -1.55. The molecule has 2 rings (SSSR count). The fourth-order valence-electron chi connectivity index (χ4n) is 2.22. The normalized spacial score (nSPS) is 17.7. The predicted molar refractivity (Wildman–Crippen MR) is 68.4 cm³/mol. The van der Waals surface area contributed by atoms with Crippen molar-refractivity contribution in [2.75, 3.05) is 20.2 Å². The Morgan fingerprint density at radius 1 is 1.44 bits per heavy atom. The van der Waals surface area contributed by atoms with Crippen molar-refractivity contribution in [3.63, 3.8) is 0 Å². The van der Waals surface area contributed by atoms with Gasteiger partial charge in [-0.05, 0) is 30.5 Å². The smallest absolute Gasteiger partial charge is 0.222 e. The molecule has 1 aromatic rings. The maximum Gasteiger partial charge on any atom is 0.222 e. The van der Waals surface area contributed by atoms with Crippen molar-refractivity contribution in [1.29, 1.82) is 0 Å². The number of hydrogen-bond acceptors (Lipinski definition) is 3. The molecule has 1 fully saturated rings. The fraction of sp³-hybridized carbons (Fsp3) is 0.500. The Labute approximate surface area is 107 Å². The molecule has 98 valence electrons. The Balaban J connectivity index is 2.01. The molecule has 1 N–H and O–H groups in total. The number of ether oxygens (including phenoxy) is 1. The van der Waals surface area contributed by atoms with Crippen LogP contribution in [0.1, 0.15) is 30.9 Å². The fourth-order valence-corrected chi connectivity index (χ4v) is 2.22. The molecule has 1 aromatic carbocycles. The average molecular weight is 249 g/mol. The second-order valence-corrected chi connectivity index (χ2v) is 4.59. The number of carbonyl (C=O) groups excluding carboxylic acids is 1. The molecule has 1 aliphatic rings. The lowest BCUT2D eigenvalue weighted by Gasteiger charge is -2.28. The van der Waals surface area contributed by atoms with Crippen LogP contribution in [0.2, 0.25) is 0 Å². The van der Waals surface area contributed by atoms with Crippen LogP contribution in [-0.2, 0) is 4.79 Å². The number of aliphatic hydroxyl groups is 1. The van der Waals surface area contributed by atoms with E-state index in [2.05, 4.69) is 0 Å². The zero-order valence-corrected chi connectivity index (χ0v) is 10.6. The average Bonchev–Trinajstić information content (AvgIpc) is 2.41. The van der Waals surface area contributed by atoms with Crippen molar-refractivity contribution in [3.8, 4) is 5.75 Å². The summed E-state index contributed by atoms with van der Waals surface area (Å²) in [5.41, 5.74) is 0.785. The molecule has 1 atom stereocenters. The molecule has 1 saturated heterocycles. The third kappa shape index (κ3) is 3.01. The van der Waals surface area contributed by atoms with E-state index >= 15 is 0 Å². The van der Waals surface area contributed by atoms with Gasteiger partial charge in [0.15, 0.2) is 0 Å². The Morgan fingerprint density at radius 2 is 2.28 bits per heavy atom. The maximum atomic E-state index is 11.7. The third-order valence-corrected chi connectivity index (χ3v) is 3.29. The molecule has 0 bridgehead atoms. The van der Waals surface area contributed by atoms with Crippen molar-refractivity contribution >= 4 is 5.91 Å². The van der Waals surface area contributed by atoms with Crippen LogP contribution < -0.4 is 4.74 Å². The van der Waals surface area contributed by atoms with Crippen LogP contribution in [0.3, 0.4) is 0 Å². The second kappa shape index (κ2) is 5.87. The molecule has 0 saturated carbocycles. The predicted octanol–water partition coefficient (Wildman–Crippen LogP) is 1.74. The summed E-state index contributed by atoms with van der Waals surface area (Å²) in [7, 11) is 1.60. The van der Waals surface area contributed by atoms with Gasteiger partial charge >= 0.3 is 0 Å². The molecular weight excluding hydrogens is 230 g/mol. The number of amides is 1. The van der Waals surface area contributed by atoms with E-state index in [1.54, 1.807) is 18.1 Å². The van der Waals surface area contributed by atoms with E-state index in [1.807, 2.05) is 18.2 Å². The van der Waals surface area contributed by atoms with Gasteiger partial charge in [-0.2, -0.15) is 0 Å². The van der Waals surface area contributed by atoms with Crippen LogP contribution in [0.4, 0.5) is 0 Å². The van der Waals surface area contributed by atoms with Gasteiger partial charge in [-0.15, -0.1) is 0 Å². The molecule has 1 heterocycles. The number of methoxy groups -OCH3 is 1. The van der Waals surface area contributed by atoms with Gasteiger partial charge in [-0.1, -0.05) is 12.1 Å².